The molecule has 0 aromatic heterocycles. The summed E-state index contributed by atoms with van der Waals surface area (Å²) in [6.07, 6.45) is 6.52. The number of rotatable bonds is 4. The Kier molecular flexibility index (Phi) is 6.39. The van der Waals surface area contributed by atoms with Crippen molar-refractivity contribution in [3.05, 3.63) is 34.3 Å². The lowest BCUT2D eigenvalue weighted by molar-refractivity contribution is 0.108. The molecule has 138 valence electrons. The number of nitrogens with zero attached hydrogens (tertiary/aromatic N) is 2. The van der Waals surface area contributed by atoms with Crippen LogP contribution in [0.1, 0.15) is 51.0 Å². The molecule has 25 heavy (non-hydrogen) atoms. The summed E-state index contributed by atoms with van der Waals surface area (Å²) in [6.45, 7) is 5.61. The van der Waals surface area contributed by atoms with Crippen LogP contribution in [0.5, 0.6) is 0 Å². The van der Waals surface area contributed by atoms with Crippen molar-refractivity contribution in [3.63, 3.8) is 0 Å². The molecular weight excluding hydrogens is 378 g/mol. The number of benzene rings is 1. The zero-order valence-corrected chi connectivity index (χ0v) is 16.8. The van der Waals surface area contributed by atoms with E-state index in [1.165, 1.54) is 31.2 Å². The second-order valence-electron chi connectivity index (χ2n) is 7.39. The third-order valence-corrected chi connectivity index (χ3v) is 6.12. The summed E-state index contributed by atoms with van der Waals surface area (Å²) in [5.41, 5.74) is 1.58. The average molecular weight is 408 g/mol. The van der Waals surface area contributed by atoms with Crippen molar-refractivity contribution in [2.24, 2.45) is 4.99 Å². The molecular formula is C20H30BrN3O. The Morgan fingerprint density at radius 2 is 2.04 bits per heavy atom. The molecule has 0 amide bonds. The second kappa shape index (κ2) is 8.54. The van der Waals surface area contributed by atoms with Crippen LogP contribution in [0.3, 0.4) is 0 Å². The first-order valence-electron chi connectivity index (χ1n) is 9.60. The van der Waals surface area contributed by atoms with Gasteiger partial charge in [0.25, 0.3) is 0 Å². The maximum Gasteiger partial charge on any atom is 0.193 e. The third-order valence-electron chi connectivity index (χ3n) is 5.63. The van der Waals surface area contributed by atoms with E-state index in [0.29, 0.717) is 0 Å². The fraction of sp³-hybridized carbons (Fsp3) is 0.650. The van der Waals surface area contributed by atoms with Crippen molar-refractivity contribution in [3.8, 4) is 0 Å². The zero-order valence-electron chi connectivity index (χ0n) is 15.2. The van der Waals surface area contributed by atoms with Gasteiger partial charge >= 0.3 is 0 Å². The maximum absolute atomic E-state index is 9.77. The molecule has 0 atom stereocenters. The molecule has 2 fully saturated rings. The van der Waals surface area contributed by atoms with Crippen LogP contribution in [0, 0.1) is 0 Å². The Labute approximate surface area is 159 Å². The molecule has 1 aliphatic carbocycles. The summed E-state index contributed by atoms with van der Waals surface area (Å²) in [7, 11) is 0. The lowest BCUT2D eigenvalue weighted by Gasteiger charge is -2.34. The van der Waals surface area contributed by atoms with Crippen molar-refractivity contribution in [2.75, 3.05) is 26.2 Å². The fourth-order valence-electron chi connectivity index (χ4n) is 4.14. The van der Waals surface area contributed by atoms with Crippen LogP contribution in [0.4, 0.5) is 0 Å². The quantitative estimate of drug-likeness (QED) is 0.590. The normalized spacial score (nSPS) is 21.6. The predicted molar refractivity (Wildman–Crippen MR) is 107 cm³/mol. The standard InChI is InChI=1S/C20H30BrN3O/c1-2-22-19(24-12-8-18(25)9-13-24)23-15-20(10-3-4-11-20)16-6-5-7-17(21)14-16/h5-7,14,18,25H,2-4,8-13,15H2,1H3,(H,22,23). The summed E-state index contributed by atoms with van der Waals surface area (Å²) in [4.78, 5) is 7.36. The third kappa shape index (κ3) is 4.56. The van der Waals surface area contributed by atoms with Gasteiger partial charge in [-0.25, -0.2) is 0 Å². The van der Waals surface area contributed by atoms with E-state index in [9.17, 15) is 5.11 Å². The molecule has 3 rings (SSSR count). The topological polar surface area (TPSA) is 47.9 Å². The summed E-state index contributed by atoms with van der Waals surface area (Å²) < 4.78 is 1.15. The van der Waals surface area contributed by atoms with E-state index in [4.69, 9.17) is 4.99 Å². The molecule has 5 heteroatoms. The smallest absolute Gasteiger partial charge is 0.193 e. The van der Waals surface area contributed by atoms with Crippen molar-refractivity contribution >= 4 is 21.9 Å². The molecule has 1 saturated carbocycles. The van der Waals surface area contributed by atoms with Crippen LogP contribution in [0.2, 0.25) is 0 Å². The molecule has 1 saturated heterocycles. The molecule has 1 aliphatic heterocycles. The zero-order chi connectivity index (χ0) is 17.7. The molecule has 0 bridgehead atoms. The monoisotopic (exact) mass is 407 g/mol. The largest absolute Gasteiger partial charge is 0.393 e. The lowest BCUT2D eigenvalue weighted by atomic mass is 9.79. The van der Waals surface area contributed by atoms with Crippen LogP contribution in [-0.4, -0.2) is 48.2 Å². The fourth-order valence-corrected chi connectivity index (χ4v) is 4.54. The number of guanidine groups is 1. The molecule has 0 spiro atoms. The number of piperidine rings is 1. The molecule has 4 nitrogen and oxygen atoms in total. The van der Waals surface area contributed by atoms with Gasteiger partial charge in [0, 0.05) is 29.5 Å². The highest BCUT2D eigenvalue weighted by Crippen LogP contribution is 2.42. The van der Waals surface area contributed by atoms with Gasteiger partial charge in [0.1, 0.15) is 0 Å². The molecule has 1 aromatic carbocycles. The number of aliphatic hydroxyl groups is 1. The first-order valence-corrected chi connectivity index (χ1v) is 10.4. The van der Waals surface area contributed by atoms with Gasteiger partial charge in [-0.3, -0.25) is 4.99 Å². The molecule has 0 radical (unpaired) electrons. The number of likely N-dealkylation sites (tertiary alicyclic amines) is 1. The highest BCUT2D eigenvalue weighted by atomic mass is 79.9. The minimum Gasteiger partial charge on any atom is -0.393 e. The number of hydrogen-bond acceptors (Lipinski definition) is 2. The summed E-state index contributed by atoms with van der Waals surface area (Å²) in [5, 5.41) is 13.2. The van der Waals surface area contributed by atoms with E-state index in [0.717, 1.165) is 49.5 Å². The molecule has 1 heterocycles. The van der Waals surface area contributed by atoms with Gasteiger partial charge in [0.05, 0.1) is 12.6 Å². The number of aliphatic imine (C=N–C) groups is 1. The van der Waals surface area contributed by atoms with Crippen LogP contribution in [-0.2, 0) is 5.41 Å². The first-order chi connectivity index (χ1) is 12.1. The predicted octanol–water partition coefficient (Wildman–Crippen LogP) is 3.68. The lowest BCUT2D eigenvalue weighted by Crippen LogP contribution is -2.47. The Bertz CT molecular complexity index is 590. The van der Waals surface area contributed by atoms with Gasteiger partial charge in [0.15, 0.2) is 5.96 Å². The van der Waals surface area contributed by atoms with Crippen LogP contribution in [0.25, 0.3) is 0 Å². The SMILES string of the molecule is CCNC(=NCC1(c2cccc(Br)c2)CCCC1)N1CCC(O)CC1. The minimum absolute atomic E-state index is 0.151. The van der Waals surface area contributed by atoms with E-state index in [2.05, 4.69) is 57.3 Å². The van der Waals surface area contributed by atoms with Crippen LogP contribution >= 0.6 is 15.9 Å². The summed E-state index contributed by atoms with van der Waals surface area (Å²) in [6, 6.07) is 8.76. The van der Waals surface area contributed by atoms with E-state index in [1.807, 2.05) is 0 Å². The van der Waals surface area contributed by atoms with Gasteiger partial charge in [-0.15, -0.1) is 0 Å². The maximum atomic E-state index is 9.77. The molecule has 1 aromatic rings. The van der Waals surface area contributed by atoms with Gasteiger partial charge in [-0.2, -0.15) is 0 Å². The first kappa shape index (κ1) is 18.7. The molecule has 2 aliphatic rings. The van der Waals surface area contributed by atoms with Gasteiger partial charge in [0.2, 0.25) is 0 Å². The van der Waals surface area contributed by atoms with E-state index >= 15 is 0 Å². The van der Waals surface area contributed by atoms with Gasteiger partial charge in [-0.05, 0) is 50.3 Å². The molecule has 0 unspecified atom stereocenters. The Hall–Kier alpha value is -1.07. The van der Waals surface area contributed by atoms with Crippen LogP contribution in [0.15, 0.2) is 33.7 Å². The molecule has 2 N–H and O–H groups in total. The number of nitrogens with one attached hydrogen (secondary N) is 1. The van der Waals surface area contributed by atoms with E-state index in [-0.39, 0.29) is 11.5 Å². The van der Waals surface area contributed by atoms with Crippen LogP contribution < -0.4 is 5.32 Å². The van der Waals surface area contributed by atoms with Gasteiger partial charge < -0.3 is 15.3 Å². The van der Waals surface area contributed by atoms with Crippen molar-refractivity contribution in [2.45, 2.75) is 57.0 Å². The van der Waals surface area contributed by atoms with Crippen molar-refractivity contribution in [1.29, 1.82) is 0 Å². The van der Waals surface area contributed by atoms with Crippen molar-refractivity contribution in [1.82, 2.24) is 10.2 Å². The van der Waals surface area contributed by atoms with Gasteiger partial charge in [-0.1, -0.05) is 40.9 Å². The average Bonchev–Trinajstić information content (AvgIpc) is 3.10. The highest BCUT2D eigenvalue weighted by Gasteiger charge is 2.36. The Morgan fingerprint density at radius 1 is 1.32 bits per heavy atom. The van der Waals surface area contributed by atoms with Crippen molar-refractivity contribution < 1.29 is 5.11 Å². The Balaban J connectivity index is 1.79. The summed E-state index contributed by atoms with van der Waals surface area (Å²) >= 11 is 3.63. The second-order valence-corrected chi connectivity index (χ2v) is 8.30. The summed E-state index contributed by atoms with van der Waals surface area (Å²) in [5.74, 6) is 1.01. The minimum atomic E-state index is -0.151. The van der Waals surface area contributed by atoms with E-state index in [1.54, 1.807) is 0 Å². The number of aliphatic hydroxyl groups excluding tert-OH is 1. The number of hydrogen-bond donors (Lipinski definition) is 2. The van der Waals surface area contributed by atoms with E-state index < -0.39 is 0 Å². The number of halogens is 1. The Morgan fingerprint density at radius 3 is 2.68 bits per heavy atom. The highest BCUT2D eigenvalue weighted by molar-refractivity contribution is 9.10.